The maximum Gasteiger partial charge on any atom is 0.243 e. The maximum atomic E-state index is 12.3. The fourth-order valence-corrected chi connectivity index (χ4v) is 3.55. The van der Waals surface area contributed by atoms with Gasteiger partial charge < -0.3 is 5.11 Å². The lowest BCUT2D eigenvalue weighted by Crippen LogP contribution is -2.29. The van der Waals surface area contributed by atoms with Crippen LogP contribution in [0, 0.1) is 12.8 Å². The molecule has 17 heavy (non-hydrogen) atoms. The summed E-state index contributed by atoms with van der Waals surface area (Å²) in [6.45, 7) is 2.90. The minimum atomic E-state index is -3.38. The smallest absolute Gasteiger partial charge is 0.243 e. The van der Waals surface area contributed by atoms with E-state index in [-0.39, 0.29) is 12.5 Å². The summed E-state index contributed by atoms with van der Waals surface area (Å²) < 4.78 is 26.0. The predicted molar refractivity (Wildman–Crippen MR) is 65.1 cm³/mol. The van der Waals surface area contributed by atoms with E-state index in [1.54, 1.807) is 24.3 Å². The quantitative estimate of drug-likeness (QED) is 0.876. The van der Waals surface area contributed by atoms with Crippen LogP contribution < -0.4 is 0 Å². The van der Waals surface area contributed by atoms with Crippen LogP contribution in [0.4, 0.5) is 0 Å². The van der Waals surface area contributed by atoms with Crippen LogP contribution in [0.1, 0.15) is 12.0 Å². The average Bonchev–Trinajstić information content (AvgIpc) is 2.78. The van der Waals surface area contributed by atoms with E-state index in [0.29, 0.717) is 18.0 Å². The van der Waals surface area contributed by atoms with Gasteiger partial charge in [0.15, 0.2) is 0 Å². The highest BCUT2D eigenvalue weighted by atomic mass is 32.2. The van der Waals surface area contributed by atoms with Crippen molar-refractivity contribution in [2.24, 2.45) is 5.92 Å². The topological polar surface area (TPSA) is 57.6 Å². The van der Waals surface area contributed by atoms with E-state index in [0.717, 1.165) is 12.0 Å². The van der Waals surface area contributed by atoms with Crippen LogP contribution in [0.5, 0.6) is 0 Å². The Labute approximate surface area is 102 Å². The van der Waals surface area contributed by atoms with Gasteiger partial charge in [-0.1, -0.05) is 17.7 Å². The highest BCUT2D eigenvalue weighted by Crippen LogP contribution is 2.24. The molecule has 0 aromatic heterocycles. The molecule has 1 aromatic carbocycles. The summed E-state index contributed by atoms with van der Waals surface area (Å²) in [6.07, 6.45) is 0.738. The SMILES string of the molecule is Cc1ccc(S(=O)(=O)N2CCC(CO)C2)cc1. The molecule has 1 aliphatic heterocycles. The number of aryl methyl sites for hydroxylation is 1. The molecule has 0 radical (unpaired) electrons. The maximum absolute atomic E-state index is 12.3. The molecule has 94 valence electrons. The first kappa shape index (κ1) is 12.5. The Balaban J connectivity index is 2.22. The molecule has 1 unspecified atom stereocenters. The third kappa shape index (κ3) is 2.51. The number of hydrogen-bond donors (Lipinski definition) is 1. The van der Waals surface area contributed by atoms with Gasteiger partial charge >= 0.3 is 0 Å². The lowest BCUT2D eigenvalue weighted by Gasteiger charge is -2.16. The van der Waals surface area contributed by atoms with Crippen LogP contribution in [0.25, 0.3) is 0 Å². The van der Waals surface area contributed by atoms with E-state index < -0.39 is 10.0 Å². The van der Waals surface area contributed by atoms with Crippen LogP contribution in [0.3, 0.4) is 0 Å². The highest BCUT2D eigenvalue weighted by Gasteiger charge is 2.31. The summed E-state index contributed by atoms with van der Waals surface area (Å²) in [5, 5.41) is 9.03. The number of sulfonamides is 1. The molecule has 0 amide bonds. The molecule has 1 saturated heterocycles. The van der Waals surface area contributed by atoms with E-state index in [4.69, 9.17) is 5.11 Å². The molecule has 0 aliphatic carbocycles. The molecule has 2 rings (SSSR count). The zero-order valence-electron chi connectivity index (χ0n) is 9.83. The van der Waals surface area contributed by atoms with Crippen molar-refractivity contribution >= 4 is 10.0 Å². The Morgan fingerprint density at radius 2 is 2.00 bits per heavy atom. The van der Waals surface area contributed by atoms with Gasteiger partial charge in [-0.3, -0.25) is 0 Å². The van der Waals surface area contributed by atoms with E-state index in [1.165, 1.54) is 4.31 Å². The van der Waals surface area contributed by atoms with E-state index >= 15 is 0 Å². The molecule has 4 nitrogen and oxygen atoms in total. The van der Waals surface area contributed by atoms with Gasteiger partial charge in [-0.05, 0) is 31.4 Å². The van der Waals surface area contributed by atoms with Gasteiger partial charge in [0.2, 0.25) is 10.0 Å². The van der Waals surface area contributed by atoms with Crippen LogP contribution in [-0.4, -0.2) is 37.5 Å². The molecule has 1 N–H and O–H groups in total. The Hall–Kier alpha value is -0.910. The van der Waals surface area contributed by atoms with Crippen LogP contribution in [0.2, 0.25) is 0 Å². The molecule has 1 aromatic rings. The van der Waals surface area contributed by atoms with Gasteiger partial charge in [0, 0.05) is 19.7 Å². The van der Waals surface area contributed by atoms with Crippen LogP contribution in [0.15, 0.2) is 29.2 Å². The Kier molecular flexibility index (Phi) is 3.51. The standard InChI is InChI=1S/C12H17NO3S/c1-10-2-4-12(5-3-10)17(15,16)13-7-6-11(8-13)9-14/h2-5,11,14H,6-9H2,1H3. The molecule has 1 atom stereocenters. The summed E-state index contributed by atoms with van der Waals surface area (Å²) in [5.41, 5.74) is 1.04. The number of aliphatic hydroxyl groups is 1. The summed E-state index contributed by atoms with van der Waals surface area (Å²) in [7, 11) is -3.38. The molecule has 5 heteroatoms. The lowest BCUT2D eigenvalue weighted by atomic mass is 10.1. The van der Waals surface area contributed by atoms with Gasteiger partial charge in [-0.15, -0.1) is 0 Å². The second-order valence-electron chi connectivity index (χ2n) is 4.51. The lowest BCUT2D eigenvalue weighted by molar-refractivity contribution is 0.233. The van der Waals surface area contributed by atoms with Crippen molar-refractivity contribution in [1.29, 1.82) is 0 Å². The molecular weight excluding hydrogens is 238 g/mol. The number of rotatable bonds is 3. The van der Waals surface area contributed by atoms with Crippen molar-refractivity contribution in [3.05, 3.63) is 29.8 Å². The molecule has 1 heterocycles. The van der Waals surface area contributed by atoms with Crippen molar-refractivity contribution in [2.45, 2.75) is 18.2 Å². The molecule has 0 spiro atoms. The summed E-state index contributed by atoms with van der Waals surface area (Å²) in [4.78, 5) is 0.335. The fourth-order valence-electron chi connectivity index (χ4n) is 2.02. The molecule has 1 aliphatic rings. The Morgan fingerprint density at radius 3 is 2.53 bits per heavy atom. The monoisotopic (exact) mass is 255 g/mol. The van der Waals surface area contributed by atoms with Crippen molar-refractivity contribution < 1.29 is 13.5 Å². The highest BCUT2D eigenvalue weighted by molar-refractivity contribution is 7.89. The third-order valence-electron chi connectivity index (χ3n) is 3.17. The number of aliphatic hydroxyl groups excluding tert-OH is 1. The van der Waals surface area contributed by atoms with Crippen molar-refractivity contribution in [1.82, 2.24) is 4.31 Å². The number of nitrogens with zero attached hydrogens (tertiary/aromatic N) is 1. The van der Waals surface area contributed by atoms with Gasteiger partial charge in [-0.25, -0.2) is 8.42 Å². The third-order valence-corrected chi connectivity index (χ3v) is 5.04. The zero-order chi connectivity index (χ0) is 12.5. The summed E-state index contributed by atoms with van der Waals surface area (Å²) >= 11 is 0. The van der Waals surface area contributed by atoms with Crippen LogP contribution in [-0.2, 0) is 10.0 Å². The molecule has 1 fully saturated rings. The Bertz CT molecular complexity index is 481. The molecular formula is C12H17NO3S. The molecule has 0 bridgehead atoms. The fraction of sp³-hybridized carbons (Fsp3) is 0.500. The average molecular weight is 255 g/mol. The first-order chi connectivity index (χ1) is 8.04. The normalized spacial score (nSPS) is 21.9. The number of hydrogen-bond acceptors (Lipinski definition) is 3. The first-order valence-corrected chi connectivity index (χ1v) is 7.15. The van der Waals surface area contributed by atoms with Gasteiger partial charge in [-0.2, -0.15) is 4.31 Å². The largest absolute Gasteiger partial charge is 0.396 e. The van der Waals surface area contributed by atoms with E-state index in [2.05, 4.69) is 0 Å². The first-order valence-electron chi connectivity index (χ1n) is 5.71. The predicted octanol–water partition coefficient (Wildman–Crippen LogP) is 0.998. The van der Waals surface area contributed by atoms with Crippen molar-refractivity contribution in [2.75, 3.05) is 19.7 Å². The van der Waals surface area contributed by atoms with Crippen LogP contribution >= 0.6 is 0 Å². The summed E-state index contributed by atoms with van der Waals surface area (Å²) in [5.74, 6) is 0.0789. The molecule has 0 saturated carbocycles. The van der Waals surface area contributed by atoms with Gasteiger partial charge in [0.05, 0.1) is 4.90 Å². The Morgan fingerprint density at radius 1 is 1.35 bits per heavy atom. The summed E-state index contributed by atoms with van der Waals surface area (Å²) in [6, 6.07) is 6.87. The van der Waals surface area contributed by atoms with E-state index in [1.807, 2.05) is 6.92 Å². The number of benzene rings is 1. The second kappa shape index (κ2) is 4.76. The minimum Gasteiger partial charge on any atom is -0.396 e. The van der Waals surface area contributed by atoms with Crippen molar-refractivity contribution in [3.63, 3.8) is 0 Å². The van der Waals surface area contributed by atoms with Gasteiger partial charge in [0.25, 0.3) is 0 Å². The minimum absolute atomic E-state index is 0.0555. The zero-order valence-corrected chi connectivity index (χ0v) is 10.7. The van der Waals surface area contributed by atoms with E-state index in [9.17, 15) is 8.42 Å². The second-order valence-corrected chi connectivity index (χ2v) is 6.45. The van der Waals surface area contributed by atoms with Gasteiger partial charge in [0.1, 0.15) is 0 Å². The van der Waals surface area contributed by atoms with Crippen molar-refractivity contribution in [3.8, 4) is 0 Å².